The second-order valence-corrected chi connectivity index (χ2v) is 8.93. The van der Waals surface area contributed by atoms with Crippen molar-refractivity contribution in [1.82, 2.24) is 0 Å². The van der Waals surface area contributed by atoms with E-state index in [1.807, 2.05) is 103 Å². The van der Waals surface area contributed by atoms with Crippen LogP contribution in [0.2, 0.25) is 0 Å². The first-order valence-corrected chi connectivity index (χ1v) is 11.5. The Morgan fingerprint density at radius 3 is 2.41 bits per heavy atom. The van der Waals surface area contributed by atoms with E-state index in [-0.39, 0.29) is 17.2 Å². The Morgan fingerprint density at radius 1 is 0.906 bits per heavy atom. The molecule has 1 fully saturated rings. The van der Waals surface area contributed by atoms with Gasteiger partial charge in [0, 0.05) is 16.9 Å². The number of fused-ring (bicyclic) bond motifs is 1. The highest BCUT2D eigenvalue weighted by atomic mass is 32.2. The highest BCUT2D eigenvalue weighted by Gasteiger charge is 2.33. The lowest BCUT2D eigenvalue weighted by Crippen LogP contribution is -2.27. The van der Waals surface area contributed by atoms with Gasteiger partial charge in [-0.25, -0.2) is 0 Å². The van der Waals surface area contributed by atoms with Crippen molar-refractivity contribution in [1.29, 1.82) is 0 Å². The molecule has 0 unspecified atom stereocenters. The molecule has 1 heterocycles. The maximum Gasteiger partial charge on any atom is 0.256 e. The van der Waals surface area contributed by atoms with Gasteiger partial charge in [-0.1, -0.05) is 66.2 Å². The third-order valence-corrected chi connectivity index (χ3v) is 6.88. The van der Waals surface area contributed by atoms with Crippen LogP contribution in [0.1, 0.15) is 26.9 Å². The Hall–Kier alpha value is -3.57. The second kappa shape index (κ2) is 8.52. The summed E-state index contributed by atoms with van der Waals surface area (Å²) < 4.78 is 0. The molecule has 4 aromatic rings. The van der Waals surface area contributed by atoms with Crippen LogP contribution in [-0.4, -0.2) is 17.6 Å². The lowest BCUT2D eigenvalue weighted by atomic mass is 10.0. The van der Waals surface area contributed by atoms with Crippen LogP contribution in [0.3, 0.4) is 0 Å². The first-order chi connectivity index (χ1) is 15.6. The fourth-order valence-corrected chi connectivity index (χ4v) is 5.19. The zero-order valence-corrected chi connectivity index (χ0v) is 18.4. The molecule has 158 valence electrons. The van der Waals surface area contributed by atoms with Gasteiger partial charge in [0.05, 0.1) is 5.75 Å². The molecule has 0 saturated carbocycles. The van der Waals surface area contributed by atoms with Gasteiger partial charge in [-0.3, -0.25) is 14.5 Å². The molecule has 1 saturated heterocycles. The standard InChI is InChI=1S/C27H22N2O2S/c1-18-9-15-22(16-10-18)29-25(30)17-32-27(29)20-11-13-21(14-12-20)28-26(31)24-8-4-6-19-5-2-3-7-23(19)24/h2-16,27H,17H2,1H3,(H,28,31)/t27-/m1/s1. The molecule has 1 aliphatic rings. The summed E-state index contributed by atoms with van der Waals surface area (Å²) in [6.45, 7) is 2.03. The van der Waals surface area contributed by atoms with Crippen molar-refractivity contribution in [2.24, 2.45) is 0 Å². The number of amides is 2. The van der Waals surface area contributed by atoms with Crippen LogP contribution < -0.4 is 10.2 Å². The molecule has 0 aliphatic carbocycles. The summed E-state index contributed by atoms with van der Waals surface area (Å²) in [5.74, 6) is 0.427. The number of anilines is 2. The highest BCUT2D eigenvalue weighted by Crippen LogP contribution is 2.42. The number of thioether (sulfide) groups is 1. The fraction of sp³-hybridized carbons (Fsp3) is 0.111. The highest BCUT2D eigenvalue weighted by molar-refractivity contribution is 8.00. The van der Waals surface area contributed by atoms with Crippen molar-refractivity contribution in [2.45, 2.75) is 12.3 Å². The minimum absolute atomic E-state index is 0.0759. The number of carbonyl (C=O) groups excluding carboxylic acids is 2. The van der Waals surface area contributed by atoms with Crippen molar-refractivity contribution in [3.05, 3.63) is 108 Å². The average molecular weight is 439 g/mol. The van der Waals surface area contributed by atoms with Gasteiger partial charge in [0.25, 0.3) is 5.91 Å². The van der Waals surface area contributed by atoms with Crippen LogP contribution in [0.15, 0.2) is 91.0 Å². The summed E-state index contributed by atoms with van der Waals surface area (Å²) in [5.41, 5.74) is 4.47. The predicted molar refractivity (Wildman–Crippen MR) is 132 cm³/mol. The number of benzene rings is 4. The van der Waals surface area contributed by atoms with Gasteiger partial charge >= 0.3 is 0 Å². The Balaban J connectivity index is 1.36. The average Bonchev–Trinajstić information content (AvgIpc) is 3.21. The summed E-state index contributed by atoms with van der Waals surface area (Å²) in [6, 6.07) is 29.4. The van der Waals surface area contributed by atoms with Gasteiger partial charge in [0.15, 0.2) is 0 Å². The third kappa shape index (κ3) is 3.87. The molecule has 1 aliphatic heterocycles. The summed E-state index contributed by atoms with van der Waals surface area (Å²) in [5, 5.41) is 4.89. The molecule has 0 radical (unpaired) electrons. The first kappa shape index (κ1) is 20.3. The number of nitrogens with zero attached hydrogens (tertiary/aromatic N) is 1. The molecule has 1 N–H and O–H groups in total. The van der Waals surface area contributed by atoms with Crippen molar-refractivity contribution in [3.63, 3.8) is 0 Å². The number of hydrogen-bond donors (Lipinski definition) is 1. The van der Waals surface area contributed by atoms with Crippen molar-refractivity contribution >= 4 is 45.7 Å². The fourth-order valence-electron chi connectivity index (χ4n) is 4.01. The van der Waals surface area contributed by atoms with E-state index in [1.165, 1.54) is 0 Å². The Labute approximate surface area is 191 Å². The van der Waals surface area contributed by atoms with Gasteiger partial charge in [-0.05, 0) is 53.6 Å². The smallest absolute Gasteiger partial charge is 0.256 e. The lowest BCUT2D eigenvalue weighted by Gasteiger charge is -2.24. The number of rotatable bonds is 4. The molecule has 0 spiro atoms. The third-order valence-electron chi connectivity index (χ3n) is 5.67. The van der Waals surface area contributed by atoms with Gasteiger partial charge in [0.1, 0.15) is 5.37 Å². The van der Waals surface area contributed by atoms with Crippen LogP contribution in [0.25, 0.3) is 10.8 Å². The van der Waals surface area contributed by atoms with Crippen LogP contribution in [0, 0.1) is 6.92 Å². The molecular formula is C27H22N2O2S. The van der Waals surface area contributed by atoms with E-state index < -0.39 is 0 Å². The van der Waals surface area contributed by atoms with E-state index in [0.717, 1.165) is 33.3 Å². The molecule has 4 nitrogen and oxygen atoms in total. The number of nitrogens with one attached hydrogen (secondary N) is 1. The topological polar surface area (TPSA) is 49.4 Å². The van der Waals surface area contributed by atoms with Crippen LogP contribution >= 0.6 is 11.8 Å². The Morgan fingerprint density at radius 2 is 1.62 bits per heavy atom. The van der Waals surface area contributed by atoms with Gasteiger partial charge < -0.3 is 5.32 Å². The van der Waals surface area contributed by atoms with Crippen molar-refractivity contribution in [3.8, 4) is 0 Å². The largest absolute Gasteiger partial charge is 0.322 e. The van der Waals surface area contributed by atoms with Gasteiger partial charge in [0.2, 0.25) is 5.91 Å². The monoisotopic (exact) mass is 438 g/mol. The van der Waals surface area contributed by atoms with Crippen molar-refractivity contribution in [2.75, 3.05) is 16.0 Å². The van der Waals surface area contributed by atoms with E-state index in [4.69, 9.17) is 0 Å². The van der Waals surface area contributed by atoms with Gasteiger partial charge in [-0.15, -0.1) is 11.8 Å². The predicted octanol–water partition coefficient (Wildman–Crippen LogP) is 6.18. The minimum Gasteiger partial charge on any atom is -0.322 e. The number of aryl methyl sites for hydroxylation is 1. The molecular weight excluding hydrogens is 416 g/mol. The Kier molecular flexibility index (Phi) is 5.41. The van der Waals surface area contributed by atoms with E-state index in [1.54, 1.807) is 11.8 Å². The van der Waals surface area contributed by atoms with E-state index >= 15 is 0 Å². The number of hydrogen-bond acceptors (Lipinski definition) is 3. The molecule has 4 aromatic carbocycles. The molecule has 2 amide bonds. The molecule has 0 bridgehead atoms. The molecule has 1 atom stereocenters. The number of carbonyl (C=O) groups is 2. The molecule has 0 aromatic heterocycles. The molecule has 5 rings (SSSR count). The van der Waals surface area contributed by atoms with E-state index in [9.17, 15) is 9.59 Å². The van der Waals surface area contributed by atoms with E-state index in [2.05, 4.69) is 5.32 Å². The summed E-state index contributed by atoms with van der Waals surface area (Å²) >= 11 is 1.62. The minimum atomic E-state index is -0.138. The van der Waals surface area contributed by atoms with Gasteiger partial charge in [-0.2, -0.15) is 0 Å². The maximum atomic E-state index is 12.9. The summed E-state index contributed by atoms with van der Waals surface area (Å²) in [7, 11) is 0. The quantitative estimate of drug-likeness (QED) is 0.414. The Bertz CT molecular complexity index is 1290. The van der Waals surface area contributed by atoms with Crippen LogP contribution in [-0.2, 0) is 4.79 Å². The van der Waals surface area contributed by atoms with Crippen LogP contribution in [0.5, 0.6) is 0 Å². The second-order valence-electron chi connectivity index (χ2n) is 7.87. The normalized spacial score (nSPS) is 15.8. The van der Waals surface area contributed by atoms with E-state index in [0.29, 0.717) is 11.3 Å². The maximum absolute atomic E-state index is 12.9. The first-order valence-electron chi connectivity index (χ1n) is 10.5. The zero-order valence-electron chi connectivity index (χ0n) is 17.6. The summed E-state index contributed by atoms with van der Waals surface area (Å²) in [4.78, 5) is 27.3. The van der Waals surface area contributed by atoms with Crippen molar-refractivity contribution < 1.29 is 9.59 Å². The lowest BCUT2D eigenvalue weighted by molar-refractivity contribution is -0.115. The SMILES string of the molecule is Cc1ccc(N2C(=O)CS[C@@H]2c2ccc(NC(=O)c3cccc4ccccc34)cc2)cc1. The molecule has 32 heavy (non-hydrogen) atoms. The molecule has 5 heteroatoms. The summed E-state index contributed by atoms with van der Waals surface area (Å²) in [6.07, 6.45) is 0. The zero-order chi connectivity index (χ0) is 22.1. The van der Waals surface area contributed by atoms with Crippen LogP contribution in [0.4, 0.5) is 11.4 Å².